The molecule has 1 aliphatic carbocycles. The van der Waals surface area contributed by atoms with Crippen molar-refractivity contribution in [2.45, 2.75) is 13.8 Å². The Hall–Kier alpha value is -1.83. The minimum atomic E-state index is -0.649. The molecule has 0 atom stereocenters. The topological polar surface area (TPSA) is 53.0 Å². The Kier molecular flexibility index (Phi) is 9.16. The van der Waals surface area contributed by atoms with Crippen molar-refractivity contribution in [2.75, 3.05) is 0 Å². The molecule has 1 aromatic rings. The molecule has 1 aromatic heterocycles. The fraction of sp³-hybridized carbons (Fsp3) is 0.125. The van der Waals surface area contributed by atoms with Crippen LogP contribution in [0, 0.1) is 6.17 Å². The van der Waals surface area contributed by atoms with E-state index >= 15 is 0 Å². The zero-order valence-corrected chi connectivity index (χ0v) is 14.1. The van der Waals surface area contributed by atoms with Crippen LogP contribution in [0.1, 0.15) is 19.5 Å². The van der Waals surface area contributed by atoms with E-state index in [9.17, 15) is 18.7 Å². The van der Waals surface area contributed by atoms with Crippen LogP contribution < -0.4 is 5.11 Å². The van der Waals surface area contributed by atoms with Crippen LogP contribution in [0.4, 0.5) is 8.78 Å². The molecule has 0 N–H and O–H groups in total. The van der Waals surface area contributed by atoms with E-state index in [1.165, 1.54) is 13.8 Å². The van der Waals surface area contributed by atoms with Crippen LogP contribution in [0.5, 0.6) is 0 Å². The van der Waals surface area contributed by atoms with Gasteiger partial charge in [0, 0.05) is 33.3 Å². The second kappa shape index (κ2) is 9.99. The molecule has 0 bridgehead atoms. The van der Waals surface area contributed by atoms with Gasteiger partial charge in [-0.3, -0.25) is 9.78 Å². The molecule has 3 nitrogen and oxygen atoms in total. The summed E-state index contributed by atoms with van der Waals surface area (Å²) in [7, 11) is 0. The fourth-order valence-corrected chi connectivity index (χ4v) is 1.44. The van der Waals surface area contributed by atoms with Gasteiger partial charge in [0.25, 0.3) is 0 Å². The number of nitrogens with zero attached hydrogens (tertiary/aromatic N) is 1. The number of rotatable bonds is 2. The minimum absolute atomic E-state index is 0. The van der Waals surface area contributed by atoms with Crippen molar-refractivity contribution in [2.24, 2.45) is 0 Å². The zero-order chi connectivity index (χ0) is 15.8. The van der Waals surface area contributed by atoms with Gasteiger partial charge in [0.2, 0.25) is 6.17 Å². The van der Waals surface area contributed by atoms with E-state index < -0.39 is 12.0 Å². The van der Waals surface area contributed by atoms with Gasteiger partial charge in [-0.2, -0.15) is 0 Å². The quantitative estimate of drug-likeness (QED) is 0.369. The van der Waals surface area contributed by atoms with E-state index in [0.717, 1.165) is 18.2 Å². The molecule has 0 amide bonds. The Bertz CT molecular complexity index is 629. The Morgan fingerprint density at radius 1 is 1.32 bits per heavy atom. The minimum Gasteiger partial charge on any atom is -0.876 e. The van der Waals surface area contributed by atoms with E-state index in [-0.39, 0.29) is 38.2 Å². The van der Waals surface area contributed by atoms with Gasteiger partial charge in [0.1, 0.15) is 5.83 Å². The van der Waals surface area contributed by atoms with E-state index in [0.29, 0.717) is 5.69 Å². The second-order valence-electron chi connectivity index (χ2n) is 4.12. The van der Waals surface area contributed by atoms with Crippen LogP contribution in [0.25, 0.3) is 5.57 Å². The van der Waals surface area contributed by atoms with Crippen molar-refractivity contribution in [1.82, 2.24) is 4.98 Å². The van der Waals surface area contributed by atoms with E-state index in [2.05, 4.69) is 10.7 Å². The summed E-state index contributed by atoms with van der Waals surface area (Å²) in [4.78, 5) is 13.9. The van der Waals surface area contributed by atoms with Gasteiger partial charge < -0.3 is 5.11 Å². The molecule has 0 saturated carbocycles. The average molecular weight is 484 g/mol. The number of hydrogen-bond acceptors (Lipinski definition) is 3. The van der Waals surface area contributed by atoms with Crippen LogP contribution in [-0.4, -0.2) is 10.8 Å². The molecular weight excluding hydrogens is 471 g/mol. The third kappa shape index (κ3) is 7.26. The summed E-state index contributed by atoms with van der Waals surface area (Å²) in [6.07, 6.45) is 3.86. The standard InChI is InChI=1S/C11H6F2N.C5H8O2.Pt/c12-8-4-5-9(10(13)7-8)11-3-1-2-6-14-11;1-4(6)3-5(2)7;/h1-4,6-7H;3,6H,1-2H3;/p-1/b;4-3+;. The maximum Gasteiger partial charge on any atom is 0.208 e. The van der Waals surface area contributed by atoms with Crippen molar-refractivity contribution >= 4 is 11.4 Å². The first-order chi connectivity index (χ1) is 9.90. The van der Waals surface area contributed by atoms with Crippen molar-refractivity contribution in [3.8, 4) is 0 Å². The summed E-state index contributed by atoms with van der Waals surface area (Å²) in [5.74, 6) is -1.01. The predicted molar refractivity (Wildman–Crippen MR) is 73.7 cm³/mol. The maximum atomic E-state index is 13.2. The van der Waals surface area contributed by atoms with Gasteiger partial charge in [0.05, 0.1) is 11.3 Å². The Labute approximate surface area is 142 Å². The summed E-state index contributed by atoms with van der Waals surface area (Å²) in [5.41, 5.74) is 3.14. The predicted octanol–water partition coefficient (Wildman–Crippen LogP) is 2.83. The van der Waals surface area contributed by atoms with E-state index in [1.54, 1.807) is 24.4 Å². The smallest absolute Gasteiger partial charge is 0.208 e. The molecule has 0 aromatic carbocycles. The monoisotopic (exact) mass is 484 g/mol. The molecule has 22 heavy (non-hydrogen) atoms. The molecule has 0 unspecified atom stereocenters. The van der Waals surface area contributed by atoms with E-state index in [1.807, 2.05) is 0 Å². The average Bonchev–Trinajstić information content (AvgIpc) is 2.38. The second-order valence-corrected chi connectivity index (χ2v) is 4.12. The number of ketones is 1. The maximum absolute atomic E-state index is 13.2. The first-order valence-corrected chi connectivity index (χ1v) is 6.04. The summed E-state index contributed by atoms with van der Waals surface area (Å²) in [6, 6.07) is 5.11. The van der Waals surface area contributed by atoms with Crippen LogP contribution in [0.2, 0.25) is 0 Å². The van der Waals surface area contributed by atoms with Gasteiger partial charge in [0.15, 0.2) is 5.78 Å². The molecule has 119 valence electrons. The zero-order valence-electron chi connectivity index (χ0n) is 11.9. The largest absolute Gasteiger partial charge is 0.876 e. The van der Waals surface area contributed by atoms with Gasteiger partial charge in [-0.15, -0.1) is 11.5 Å². The van der Waals surface area contributed by atoms with Crippen molar-refractivity contribution in [3.63, 3.8) is 0 Å². The van der Waals surface area contributed by atoms with Gasteiger partial charge in [-0.05, 0) is 31.2 Å². The first-order valence-electron chi connectivity index (χ1n) is 6.04. The van der Waals surface area contributed by atoms with Crippen LogP contribution >= 0.6 is 0 Å². The molecule has 1 aliphatic rings. The SMILES string of the molecule is CC(=O)/C=C(\C)[O-].F[C]1C=C(F)C=C=C1c1ccccn1.[Pt]. The van der Waals surface area contributed by atoms with Crippen molar-refractivity contribution < 1.29 is 39.7 Å². The Morgan fingerprint density at radius 3 is 2.41 bits per heavy atom. The molecule has 2 rings (SSSR count). The number of allylic oxidation sites excluding steroid dienone is 5. The number of aromatic nitrogens is 1. The van der Waals surface area contributed by atoms with Crippen LogP contribution in [0.3, 0.4) is 0 Å². The van der Waals surface area contributed by atoms with Gasteiger partial charge in [-0.1, -0.05) is 13.0 Å². The summed E-state index contributed by atoms with van der Waals surface area (Å²) < 4.78 is 25.8. The molecule has 0 spiro atoms. The number of pyridine rings is 1. The fourth-order valence-electron chi connectivity index (χ4n) is 1.44. The van der Waals surface area contributed by atoms with Crippen LogP contribution in [0.15, 0.2) is 59.9 Å². The van der Waals surface area contributed by atoms with Gasteiger partial charge in [-0.25, -0.2) is 8.78 Å². The summed E-state index contributed by atoms with van der Waals surface area (Å²) >= 11 is 0. The molecule has 0 aliphatic heterocycles. The Balaban J connectivity index is 0.000000478. The third-order valence-corrected chi connectivity index (χ3v) is 2.19. The summed E-state index contributed by atoms with van der Waals surface area (Å²) in [6.45, 7) is 2.70. The third-order valence-electron chi connectivity index (χ3n) is 2.19. The van der Waals surface area contributed by atoms with Crippen molar-refractivity contribution in [3.05, 3.63) is 71.8 Å². The molecule has 1 heterocycles. The normalized spacial score (nSPS) is 14.1. The molecule has 1 radical (unpaired) electrons. The van der Waals surface area contributed by atoms with Crippen LogP contribution in [-0.2, 0) is 25.9 Å². The molecule has 0 saturated heterocycles. The molecule has 0 fully saturated rings. The molecular formula is C16H13F2NO2Pt-. The van der Waals surface area contributed by atoms with Crippen molar-refractivity contribution in [1.29, 1.82) is 0 Å². The Morgan fingerprint density at radius 2 is 2.00 bits per heavy atom. The summed E-state index contributed by atoms with van der Waals surface area (Å²) in [5, 5.41) is 9.98. The van der Waals surface area contributed by atoms with Gasteiger partial charge >= 0.3 is 0 Å². The number of carbonyl (C=O) groups excluding carboxylic acids is 1. The number of hydrogen-bond donors (Lipinski definition) is 0. The van der Waals surface area contributed by atoms with E-state index in [4.69, 9.17) is 0 Å². The molecule has 6 heteroatoms. The number of halogens is 2. The first kappa shape index (κ1) is 20.2. The number of carbonyl (C=O) groups is 1.